The summed E-state index contributed by atoms with van der Waals surface area (Å²) in [5, 5.41) is 15.6. The highest BCUT2D eigenvalue weighted by atomic mass is 16.6. The van der Waals surface area contributed by atoms with Gasteiger partial charge < -0.3 is 15.8 Å². The van der Waals surface area contributed by atoms with Gasteiger partial charge in [0.25, 0.3) is 0 Å². The topological polar surface area (TPSA) is 120 Å². The van der Waals surface area contributed by atoms with Crippen LogP contribution in [0.1, 0.15) is 0 Å². The molecule has 0 saturated carbocycles. The van der Waals surface area contributed by atoms with Crippen molar-refractivity contribution in [3.63, 3.8) is 0 Å². The number of primary amides is 1. The van der Waals surface area contributed by atoms with Crippen molar-refractivity contribution in [3.05, 3.63) is 65.0 Å². The molecule has 120 valence electrons. The highest BCUT2D eigenvalue weighted by Crippen LogP contribution is 2.35. The van der Waals surface area contributed by atoms with Crippen molar-refractivity contribution in [3.8, 4) is 5.75 Å². The summed E-state index contributed by atoms with van der Waals surface area (Å²) in [7, 11) is 0. The zero-order valence-corrected chi connectivity index (χ0v) is 12.3. The minimum atomic E-state index is -0.908. The van der Waals surface area contributed by atoms with Crippen molar-refractivity contribution in [2.45, 2.75) is 0 Å². The zero-order chi connectivity index (χ0) is 17.1. The normalized spacial score (nSPS) is 10.3. The molecule has 3 aromatic rings. The summed E-state index contributed by atoms with van der Waals surface area (Å²) < 4.78 is 4.73. The number of hydrogen-bond acceptors (Lipinski definition) is 6. The monoisotopic (exact) mass is 324 g/mol. The van der Waals surface area contributed by atoms with E-state index in [1.54, 1.807) is 36.5 Å². The van der Waals surface area contributed by atoms with Crippen LogP contribution in [0.2, 0.25) is 0 Å². The van der Waals surface area contributed by atoms with Crippen LogP contribution in [0.15, 0.2) is 54.9 Å². The first kappa shape index (κ1) is 15.2. The largest absolute Gasteiger partial charge is 0.411 e. The minimum absolute atomic E-state index is 0.0348. The highest BCUT2D eigenvalue weighted by Gasteiger charge is 2.18. The van der Waals surface area contributed by atoms with E-state index in [1.807, 2.05) is 0 Å². The lowest BCUT2D eigenvalue weighted by Crippen LogP contribution is -2.16. The maximum absolute atomic E-state index is 11.5. The van der Waals surface area contributed by atoms with Gasteiger partial charge in [0.05, 0.1) is 10.3 Å². The molecule has 0 fully saturated rings. The number of anilines is 2. The number of fused-ring (bicyclic) bond motifs is 1. The molecular formula is C16H12N4O4. The number of nitrogens with one attached hydrogen (secondary N) is 1. The zero-order valence-electron chi connectivity index (χ0n) is 12.3. The second kappa shape index (κ2) is 6.21. The first-order valence-electron chi connectivity index (χ1n) is 6.90. The Kier molecular flexibility index (Phi) is 3.94. The second-order valence-corrected chi connectivity index (χ2v) is 4.89. The lowest BCUT2D eigenvalue weighted by molar-refractivity contribution is -0.382. The Hall–Kier alpha value is -3.68. The molecule has 1 amide bonds. The molecule has 3 rings (SSSR count). The average molecular weight is 324 g/mol. The quantitative estimate of drug-likeness (QED) is 0.561. The van der Waals surface area contributed by atoms with Gasteiger partial charge in [0.15, 0.2) is 0 Å². The van der Waals surface area contributed by atoms with Gasteiger partial charge in [-0.1, -0.05) is 6.07 Å². The van der Waals surface area contributed by atoms with Crippen LogP contribution in [-0.2, 0) is 0 Å². The van der Waals surface area contributed by atoms with Crippen molar-refractivity contribution in [1.29, 1.82) is 0 Å². The predicted molar refractivity (Wildman–Crippen MR) is 88.3 cm³/mol. The van der Waals surface area contributed by atoms with Crippen LogP contribution < -0.4 is 15.8 Å². The van der Waals surface area contributed by atoms with E-state index in [2.05, 4.69) is 10.3 Å². The van der Waals surface area contributed by atoms with E-state index < -0.39 is 11.0 Å². The maximum Gasteiger partial charge on any atom is 0.409 e. The number of pyridine rings is 1. The van der Waals surface area contributed by atoms with Crippen LogP contribution in [0.4, 0.5) is 21.9 Å². The lowest BCUT2D eigenvalue weighted by atomic mass is 10.1. The number of nitrogens with zero attached hydrogens (tertiary/aromatic N) is 2. The average Bonchev–Trinajstić information content (AvgIpc) is 2.55. The van der Waals surface area contributed by atoms with E-state index in [9.17, 15) is 14.9 Å². The minimum Gasteiger partial charge on any atom is -0.411 e. The molecule has 0 aliphatic heterocycles. The molecule has 0 atom stereocenters. The Balaban J connectivity index is 1.96. The number of amides is 1. The third kappa shape index (κ3) is 3.07. The Morgan fingerprint density at radius 3 is 2.58 bits per heavy atom. The van der Waals surface area contributed by atoms with Crippen molar-refractivity contribution >= 4 is 33.9 Å². The fourth-order valence-corrected chi connectivity index (χ4v) is 2.33. The summed E-state index contributed by atoms with van der Waals surface area (Å²) in [5.74, 6) is 0.284. The summed E-state index contributed by atoms with van der Waals surface area (Å²) in [4.78, 5) is 25.7. The number of nitro benzene ring substituents is 1. The Morgan fingerprint density at radius 1 is 1.17 bits per heavy atom. The van der Waals surface area contributed by atoms with Gasteiger partial charge in [-0.3, -0.25) is 15.1 Å². The molecule has 8 heteroatoms. The van der Waals surface area contributed by atoms with E-state index in [0.717, 1.165) is 0 Å². The number of benzene rings is 2. The Morgan fingerprint density at radius 2 is 1.92 bits per heavy atom. The summed E-state index contributed by atoms with van der Waals surface area (Å²) in [6.07, 6.45) is 2.17. The summed E-state index contributed by atoms with van der Waals surface area (Å²) in [5.41, 5.74) is 5.85. The first-order valence-corrected chi connectivity index (χ1v) is 6.90. The van der Waals surface area contributed by atoms with Crippen molar-refractivity contribution in [2.75, 3.05) is 5.32 Å². The fourth-order valence-electron chi connectivity index (χ4n) is 2.33. The number of nitro groups is 1. The lowest BCUT2D eigenvalue weighted by Gasteiger charge is -2.09. The van der Waals surface area contributed by atoms with Crippen LogP contribution >= 0.6 is 0 Å². The van der Waals surface area contributed by atoms with E-state index >= 15 is 0 Å². The summed E-state index contributed by atoms with van der Waals surface area (Å²) >= 11 is 0. The van der Waals surface area contributed by atoms with Crippen LogP contribution in [0.3, 0.4) is 0 Å². The predicted octanol–water partition coefficient (Wildman–Crippen LogP) is 3.34. The van der Waals surface area contributed by atoms with E-state index in [1.165, 1.54) is 18.3 Å². The molecule has 0 bridgehead atoms. The molecule has 24 heavy (non-hydrogen) atoms. The van der Waals surface area contributed by atoms with E-state index in [-0.39, 0.29) is 11.4 Å². The Labute approximate surface area is 136 Å². The van der Waals surface area contributed by atoms with Crippen molar-refractivity contribution in [1.82, 2.24) is 4.98 Å². The third-order valence-corrected chi connectivity index (χ3v) is 3.33. The molecule has 8 nitrogen and oxygen atoms in total. The SMILES string of the molecule is NC(=O)Oc1ccc(Nc2ccc3cnccc3c2[N+](=O)[O-])cc1. The number of rotatable bonds is 4. The summed E-state index contributed by atoms with van der Waals surface area (Å²) in [6.45, 7) is 0. The second-order valence-electron chi connectivity index (χ2n) is 4.89. The number of carbonyl (C=O) groups is 1. The molecule has 0 saturated heterocycles. The standard InChI is InChI=1S/C16H12N4O4/c17-16(21)24-12-4-2-11(3-5-12)19-14-6-1-10-9-18-8-7-13(10)15(14)20(22)23/h1-9,19H,(H2,17,21). The van der Waals surface area contributed by atoms with Gasteiger partial charge in [0.2, 0.25) is 0 Å². The first-order chi connectivity index (χ1) is 11.5. The summed E-state index contributed by atoms with van der Waals surface area (Å²) in [6, 6.07) is 11.3. The highest BCUT2D eigenvalue weighted by molar-refractivity contribution is 5.96. The van der Waals surface area contributed by atoms with Gasteiger partial charge in [0, 0.05) is 23.5 Å². The Bertz CT molecular complexity index is 925. The fraction of sp³-hybridized carbons (Fsp3) is 0. The number of hydrogen-bond donors (Lipinski definition) is 2. The number of ether oxygens (including phenoxy) is 1. The van der Waals surface area contributed by atoms with Gasteiger partial charge in [-0.2, -0.15) is 0 Å². The van der Waals surface area contributed by atoms with Gasteiger partial charge >= 0.3 is 11.8 Å². The molecule has 0 unspecified atom stereocenters. The van der Waals surface area contributed by atoms with Crippen LogP contribution in [0, 0.1) is 10.1 Å². The molecule has 0 aliphatic rings. The number of aromatic nitrogens is 1. The van der Waals surface area contributed by atoms with Crippen LogP contribution in [0.25, 0.3) is 10.8 Å². The van der Waals surface area contributed by atoms with Gasteiger partial charge in [0.1, 0.15) is 11.4 Å². The van der Waals surface area contributed by atoms with Gasteiger partial charge in [-0.25, -0.2) is 4.79 Å². The van der Waals surface area contributed by atoms with Crippen molar-refractivity contribution in [2.24, 2.45) is 5.73 Å². The van der Waals surface area contributed by atoms with Gasteiger partial charge in [-0.15, -0.1) is 0 Å². The van der Waals surface area contributed by atoms with Crippen molar-refractivity contribution < 1.29 is 14.5 Å². The number of nitrogens with two attached hydrogens (primary N) is 1. The molecule has 1 heterocycles. The maximum atomic E-state index is 11.5. The van der Waals surface area contributed by atoms with E-state index in [4.69, 9.17) is 10.5 Å². The van der Waals surface area contributed by atoms with E-state index in [0.29, 0.717) is 22.1 Å². The molecule has 0 radical (unpaired) electrons. The van der Waals surface area contributed by atoms with Crippen LogP contribution in [0.5, 0.6) is 5.75 Å². The molecule has 3 N–H and O–H groups in total. The molecule has 2 aromatic carbocycles. The molecule has 1 aromatic heterocycles. The molecule has 0 aliphatic carbocycles. The number of carbonyl (C=O) groups excluding carboxylic acids is 1. The molecular weight excluding hydrogens is 312 g/mol. The van der Waals surface area contributed by atoms with Gasteiger partial charge in [-0.05, 0) is 36.4 Å². The smallest absolute Gasteiger partial charge is 0.409 e. The molecule has 0 spiro atoms. The third-order valence-electron chi connectivity index (χ3n) is 3.33. The van der Waals surface area contributed by atoms with Crippen LogP contribution in [-0.4, -0.2) is 16.0 Å².